The zero-order valence-corrected chi connectivity index (χ0v) is 15.2. The Bertz CT molecular complexity index is 925. The molecule has 1 aliphatic rings. The van der Waals surface area contributed by atoms with Gasteiger partial charge in [0.1, 0.15) is 5.82 Å². The first-order valence-electron chi connectivity index (χ1n) is 9.09. The van der Waals surface area contributed by atoms with E-state index in [-0.39, 0.29) is 5.82 Å². The molecule has 4 rings (SSSR count). The topological polar surface area (TPSA) is 8.17 Å². The van der Waals surface area contributed by atoms with E-state index >= 15 is 0 Å². The number of aryl methyl sites for hydroxylation is 3. The van der Waals surface area contributed by atoms with Crippen molar-refractivity contribution >= 4 is 10.9 Å². The van der Waals surface area contributed by atoms with Gasteiger partial charge in [0.2, 0.25) is 0 Å². The lowest BCUT2D eigenvalue weighted by atomic mass is 9.99. The molecule has 0 saturated heterocycles. The van der Waals surface area contributed by atoms with Crippen molar-refractivity contribution in [1.29, 1.82) is 0 Å². The number of halogens is 1. The van der Waals surface area contributed by atoms with Crippen LogP contribution in [0, 0.1) is 12.7 Å². The molecule has 0 radical (unpaired) electrons. The summed E-state index contributed by atoms with van der Waals surface area (Å²) in [5, 5.41) is 1.36. The Balaban J connectivity index is 1.78. The minimum Gasteiger partial charge on any atom is -0.344 e. The molecule has 0 N–H and O–H groups in total. The summed E-state index contributed by atoms with van der Waals surface area (Å²) in [5.41, 5.74) is 6.26. The Morgan fingerprint density at radius 2 is 1.96 bits per heavy atom. The van der Waals surface area contributed by atoms with E-state index in [9.17, 15) is 4.39 Å². The maximum Gasteiger partial charge on any atom is 0.126 e. The lowest BCUT2D eigenvalue weighted by Gasteiger charge is -2.31. The minimum absolute atomic E-state index is 0.100. The summed E-state index contributed by atoms with van der Waals surface area (Å²) in [6, 6.07) is 14.4. The van der Waals surface area contributed by atoms with Crippen LogP contribution in [0.15, 0.2) is 42.5 Å². The van der Waals surface area contributed by atoms with Gasteiger partial charge in [0, 0.05) is 42.1 Å². The quantitative estimate of drug-likeness (QED) is 0.672. The second kappa shape index (κ2) is 6.30. The smallest absolute Gasteiger partial charge is 0.126 e. The number of fused-ring (bicyclic) bond motifs is 3. The van der Waals surface area contributed by atoms with Gasteiger partial charge in [0.05, 0.1) is 0 Å². The molecule has 25 heavy (non-hydrogen) atoms. The fourth-order valence-electron chi connectivity index (χ4n) is 4.03. The van der Waals surface area contributed by atoms with Gasteiger partial charge in [0.15, 0.2) is 0 Å². The first kappa shape index (κ1) is 16.3. The van der Waals surface area contributed by atoms with Crippen LogP contribution < -0.4 is 0 Å². The monoisotopic (exact) mass is 336 g/mol. The van der Waals surface area contributed by atoms with Crippen molar-refractivity contribution < 1.29 is 4.39 Å². The van der Waals surface area contributed by atoms with Crippen molar-refractivity contribution in [1.82, 2.24) is 9.47 Å². The van der Waals surface area contributed by atoms with Gasteiger partial charge in [-0.05, 0) is 56.6 Å². The van der Waals surface area contributed by atoms with E-state index in [0.717, 1.165) is 31.5 Å². The van der Waals surface area contributed by atoms with Crippen molar-refractivity contribution in [3.05, 3.63) is 70.7 Å². The van der Waals surface area contributed by atoms with Crippen LogP contribution in [0.25, 0.3) is 10.9 Å². The number of benzene rings is 2. The molecule has 2 nitrogen and oxygen atoms in total. The number of aromatic nitrogens is 1. The highest BCUT2D eigenvalue weighted by Gasteiger charge is 2.26. The Labute approximate surface area is 148 Å². The van der Waals surface area contributed by atoms with Gasteiger partial charge in [-0.1, -0.05) is 29.8 Å². The molecular weight excluding hydrogens is 311 g/mol. The van der Waals surface area contributed by atoms with Crippen LogP contribution in [0.2, 0.25) is 0 Å². The van der Waals surface area contributed by atoms with E-state index in [1.54, 1.807) is 12.1 Å². The summed E-state index contributed by atoms with van der Waals surface area (Å²) in [6.45, 7) is 6.25. The molecule has 0 amide bonds. The summed E-state index contributed by atoms with van der Waals surface area (Å²) in [5.74, 6) is -0.100. The number of rotatable bonds is 3. The lowest BCUT2D eigenvalue weighted by Crippen LogP contribution is -2.35. The molecule has 1 aromatic heterocycles. The molecule has 2 heterocycles. The van der Waals surface area contributed by atoms with Crippen LogP contribution >= 0.6 is 0 Å². The summed E-state index contributed by atoms with van der Waals surface area (Å²) >= 11 is 0. The van der Waals surface area contributed by atoms with E-state index in [1.807, 2.05) is 12.1 Å². The van der Waals surface area contributed by atoms with Crippen LogP contribution in [0.5, 0.6) is 0 Å². The molecule has 1 aliphatic heterocycles. The molecule has 0 saturated carbocycles. The van der Waals surface area contributed by atoms with Gasteiger partial charge in [-0.15, -0.1) is 0 Å². The second-order valence-corrected chi connectivity index (χ2v) is 7.41. The molecule has 0 bridgehead atoms. The Morgan fingerprint density at radius 1 is 1.16 bits per heavy atom. The van der Waals surface area contributed by atoms with Gasteiger partial charge < -0.3 is 4.57 Å². The number of nitrogens with zero attached hydrogens (tertiary/aromatic N) is 2. The van der Waals surface area contributed by atoms with Crippen LogP contribution in [0.3, 0.4) is 0 Å². The SMILES string of the molecule is Cc1ccc2c(c1)c1c(n2CCc2ccccc2F)CC(C)N(C)C1. The van der Waals surface area contributed by atoms with Crippen molar-refractivity contribution in [3.63, 3.8) is 0 Å². The van der Waals surface area contributed by atoms with Crippen molar-refractivity contribution in [2.75, 3.05) is 7.05 Å². The van der Waals surface area contributed by atoms with E-state index in [2.05, 4.69) is 48.6 Å². The predicted molar refractivity (Wildman–Crippen MR) is 101 cm³/mol. The summed E-state index contributed by atoms with van der Waals surface area (Å²) in [4.78, 5) is 2.42. The average molecular weight is 336 g/mol. The van der Waals surface area contributed by atoms with Gasteiger partial charge in [-0.3, -0.25) is 4.90 Å². The van der Waals surface area contributed by atoms with Crippen LogP contribution in [-0.2, 0) is 25.9 Å². The zero-order valence-electron chi connectivity index (χ0n) is 15.2. The van der Waals surface area contributed by atoms with E-state index in [4.69, 9.17) is 0 Å². The Hall–Kier alpha value is -2.13. The Kier molecular flexibility index (Phi) is 4.12. The van der Waals surface area contributed by atoms with Gasteiger partial charge >= 0.3 is 0 Å². The number of hydrogen-bond acceptors (Lipinski definition) is 1. The van der Waals surface area contributed by atoms with Gasteiger partial charge in [-0.2, -0.15) is 0 Å². The maximum atomic E-state index is 14.0. The maximum absolute atomic E-state index is 14.0. The molecule has 130 valence electrons. The predicted octanol–water partition coefficient (Wildman–Crippen LogP) is 4.71. The average Bonchev–Trinajstić information content (AvgIpc) is 2.87. The van der Waals surface area contributed by atoms with Crippen LogP contribution in [-0.4, -0.2) is 22.6 Å². The van der Waals surface area contributed by atoms with Crippen LogP contribution in [0.4, 0.5) is 4.39 Å². The fourth-order valence-corrected chi connectivity index (χ4v) is 4.03. The molecule has 3 heteroatoms. The third-order valence-electron chi connectivity index (χ3n) is 5.65. The van der Waals surface area contributed by atoms with E-state index in [0.29, 0.717) is 6.04 Å². The standard InChI is InChI=1S/C22H25FN2/c1-15-8-9-21-18(12-15)19-14-24(3)16(2)13-22(19)25(21)11-10-17-6-4-5-7-20(17)23/h4-9,12,16H,10-11,13-14H2,1-3H3. The Morgan fingerprint density at radius 3 is 2.76 bits per heavy atom. The van der Waals surface area contributed by atoms with Crippen molar-refractivity contribution in [2.45, 2.75) is 45.8 Å². The zero-order chi connectivity index (χ0) is 17.6. The lowest BCUT2D eigenvalue weighted by molar-refractivity contribution is 0.228. The molecule has 0 aliphatic carbocycles. The highest BCUT2D eigenvalue weighted by atomic mass is 19.1. The fraction of sp³-hybridized carbons (Fsp3) is 0.364. The minimum atomic E-state index is -0.100. The molecule has 3 aromatic rings. The molecule has 2 aromatic carbocycles. The van der Waals surface area contributed by atoms with Crippen molar-refractivity contribution in [3.8, 4) is 0 Å². The highest BCUT2D eigenvalue weighted by molar-refractivity contribution is 5.86. The second-order valence-electron chi connectivity index (χ2n) is 7.41. The largest absolute Gasteiger partial charge is 0.344 e. The summed E-state index contributed by atoms with van der Waals surface area (Å²) in [6.07, 6.45) is 1.78. The molecule has 0 spiro atoms. The van der Waals surface area contributed by atoms with Crippen LogP contribution in [0.1, 0.15) is 29.3 Å². The van der Waals surface area contributed by atoms with Gasteiger partial charge in [-0.25, -0.2) is 4.39 Å². The van der Waals surface area contributed by atoms with E-state index < -0.39 is 0 Å². The normalized spacial score (nSPS) is 17.8. The molecular formula is C22H25FN2. The number of hydrogen-bond donors (Lipinski definition) is 0. The number of likely N-dealkylation sites (N-methyl/N-ethyl adjacent to an activating group) is 1. The van der Waals surface area contributed by atoms with E-state index in [1.165, 1.54) is 27.7 Å². The third kappa shape index (κ3) is 2.87. The van der Waals surface area contributed by atoms with Crippen molar-refractivity contribution in [2.24, 2.45) is 0 Å². The first-order chi connectivity index (χ1) is 12.0. The summed E-state index contributed by atoms with van der Waals surface area (Å²) < 4.78 is 16.5. The molecule has 0 fully saturated rings. The molecule has 1 atom stereocenters. The molecule has 1 unspecified atom stereocenters. The van der Waals surface area contributed by atoms with Gasteiger partial charge in [0.25, 0.3) is 0 Å². The first-order valence-corrected chi connectivity index (χ1v) is 9.09. The third-order valence-corrected chi connectivity index (χ3v) is 5.65. The summed E-state index contributed by atoms with van der Waals surface area (Å²) in [7, 11) is 2.20. The highest BCUT2D eigenvalue weighted by Crippen LogP contribution is 2.33.